The van der Waals surface area contributed by atoms with Gasteiger partial charge >= 0.3 is 11.7 Å². The smallest absolute Gasteiger partial charge is 0.332 e. The van der Waals surface area contributed by atoms with Crippen LogP contribution in [0.4, 0.5) is 10.5 Å². The number of hydrogen-bond acceptors (Lipinski definition) is 16. The number of carbonyl (C=O) groups is 5. The molecular formula is C63H83N9O13. The number of nitrogens with zero attached hydrogens (tertiary/aromatic N) is 6. The molecule has 7 N–H and O–H groups in total. The lowest BCUT2D eigenvalue weighted by Crippen LogP contribution is -2.76. The number of rotatable bonds is 11. The molecule has 4 aliphatic carbocycles. The number of phenolic OH excluding ortho intramolecular Hbond substituents is 2. The number of ether oxygens (including phenoxy) is 2. The Kier molecular flexibility index (Phi) is 19.0. The second-order valence-electron chi connectivity index (χ2n) is 24.0. The average molecular weight is 1170 g/mol. The zero-order chi connectivity index (χ0) is 61.9. The van der Waals surface area contributed by atoms with Crippen LogP contribution < -0.4 is 36.7 Å². The van der Waals surface area contributed by atoms with Crippen LogP contribution in [0.15, 0.2) is 89.2 Å². The first kappa shape index (κ1) is 63.4. The number of benzene rings is 3. The third-order valence-corrected chi connectivity index (χ3v) is 18.4. The lowest BCUT2D eigenvalue weighted by atomic mass is 9.49. The van der Waals surface area contributed by atoms with E-state index in [0.29, 0.717) is 47.8 Å². The third kappa shape index (κ3) is 12.2. The number of fused-ring (bicyclic) bond motifs is 1. The van der Waals surface area contributed by atoms with Gasteiger partial charge in [0.1, 0.15) is 16.9 Å². The van der Waals surface area contributed by atoms with Crippen molar-refractivity contribution in [1.29, 1.82) is 0 Å². The van der Waals surface area contributed by atoms with Gasteiger partial charge in [-0.25, -0.2) is 14.6 Å². The Hall–Kier alpha value is -7.66. The van der Waals surface area contributed by atoms with E-state index in [1.54, 1.807) is 44.0 Å². The molecule has 3 aromatic carbocycles. The number of imide groups is 2. The van der Waals surface area contributed by atoms with Crippen molar-refractivity contribution in [3.05, 3.63) is 117 Å². The van der Waals surface area contributed by atoms with Crippen molar-refractivity contribution in [3.8, 4) is 23.0 Å². The normalized spacial score (nSPS) is 25.3. The summed E-state index contributed by atoms with van der Waals surface area (Å²) >= 11 is 0. The van der Waals surface area contributed by atoms with Gasteiger partial charge in [0.05, 0.1) is 30.1 Å². The number of likely N-dealkylation sites (tertiary alicyclic amines) is 1. The highest BCUT2D eigenvalue weighted by Crippen LogP contribution is 2.65. The second-order valence-corrected chi connectivity index (χ2v) is 24.0. The number of piperidine rings is 1. The van der Waals surface area contributed by atoms with Crippen LogP contribution in [0.3, 0.4) is 0 Å². The van der Waals surface area contributed by atoms with Gasteiger partial charge in [-0.2, -0.15) is 0 Å². The highest BCUT2D eigenvalue weighted by molar-refractivity contribution is 6.19. The molecular weight excluding hydrogens is 1090 g/mol. The fourth-order valence-electron chi connectivity index (χ4n) is 13.6. The van der Waals surface area contributed by atoms with E-state index >= 15 is 0 Å². The number of aromatic hydroxyl groups is 2. The number of methoxy groups -OCH3 is 1. The molecule has 7 atom stereocenters. The maximum Gasteiger partial charge on any atom is 0.332 e. The SMILES string of the molecule is C=CCC1(C(C)CC)C(=O)NC(=O)NC1=O.CC(=O)Nc1ccc(O)cc1.COc1cccc([C@@]2(O)CCCC[C@@H]2CN(C)C)c1.Cn1c(=O)c2c(ncn2C)n(C)c1=O.O=C1CC[C@@]2(O)[C@H]3Cc4ccc(O)c5c4[C@@]2(CCN3CC2CC2)[C@H]1O5. The van der Waals surface area contributed by atoms with Crippen LogP contribution in [0.25, 0.3) is 11.2 Å². The van der Waals surface area contributed by atoms with Gasteiger partial charge in [0.2, 0.25) is 17.7 Å². The number of aryl methyl sites for hydroxylation is 2. The van der Waals surface area contributed by atoms with Crippen LogP contribution in [0.2, 0.25) is 0 Å². The van der Waals surface area contributed by atoms with E-state index in [9.17, 15) is 48.9 Å². The molecule has 12 rings (SSSR count). The molecule has 5 aromatic rings. The summed E-state index contributed by atoms with van der Waals surface area (Å²) in [6, 6.07) is 17.1. The molecule has 2 aromatic heterocycles. The van der Waals surface area contributed by atoms with Gasteiger partial charge in [-0.1, -0.05) is 57.4 Å². The van der Waals surface area contributed by atoms with Crippen molar-refractivity contribution in [2.45, 2.75) is 127 Å². The van der Waals surface area contributed by atoms with Gasteiger partial charge in [-0.05, 0) is 137 Å². The quantitative estimate of drug-likeness (QED) is 0.0492. The number of barbiturate groups is 1. The van der Waals surface area contributed by atoms with Crippen LogP contribution in [0.5, 0.6) is 23.0 Å². The summed E-state index contributed by atoms with van der Waals surface area (Å²) in [6.07, 6.45) is 12.5. The molecule has 1 spiro atoms. The van der Waals surface area contributed by atoms with Crippen molar-refractivity contribution >= 4 is 46.4 Å². The number of allylic oxidation sites excluding steroid dienone is 1. The highest BCUT2D eigenvalue weighted by atomic mass is 16.5. The topological polar surface area (TPSA) is 289 Å². The van der Waals surface area contributed by atoms with Gasteiger partial charge < -0.3 is 44.7 Å². The molecule has 5 heterocycles. The summed E-state index contributed by atoms with van der Waals surface area (Å²) in [5.41, 5.74) is 0.407. The Labute approximate surface area is 494 Å². The molecule has 22 heteroatoms. The molecule has 2 saturated heterocycles. The number of carbonyl (C=O) groups excluding carboxylic acids is 5. The van der Waals surface area contributed by atoms with Crippen molar-refractivity contribution in [2.24, 2.45) is 44.3 Å². The number of aliphatic hydroxyl groups is 2. The summed E-state index contributed by atoms with van der Waals surface area (Å²) in [7, 11) is 10.6. The van der Waals surface area contributed by atoms with Gasteiger partial charge in [0, 0.05) is 70.8 Å². The first-order valence-electron chi connectivity index (χ1n) is 29.3. The highest BCUT2D eigenvalue weighted by Gasteiger charge is 2.73. The molecule has 1 unspecified atom stereocenters. The maximum absolute atomic E-state index is 12.7. The standard InChI is InChI=1S/C20H23NO4.C16H25NO2.C11H16N2O3.C8H10N4O2.C8H9NO2/c22-13-4-3-12-9-15-20(24)6-5-14(23)18-19(20,16(12)17(13)25-18)7-8-21(15)10-11-1-2-11;1-17(2)12-14-7-4-5-10-16(14,18)13-8-6-9-15(11-13)19-3;1-4-6-11(7(3)5-2)8(14)12-10(16)13-9(11)15;1-10-4-9-6-5(10)7(13)12(3)8(14)11(6)2;1-6(10)9-7-2-4-8(11)5-3-7/h3-4,11,15,18,22,24H,1-2,5-10H2;6,8-9,11,14,18H,4-5,7,10,12H2,1-3H3;4,7H,1,5-6H2,2-3H3,(H2,12,13,14,15,16);4H,1-3H3;2-5,11H,1H3,(H,9,10)/t15-,18+,19+,20-;14-,16+;;;/m11.../s1. The fourth-order valence-corrected chi connectivity index (χ4v) is 13.6. The molecule has 458 valence electrons. The van der Waals surface area contributed by atoms with Crippen molar-refractivity contribution in [2.75, 3.05) is 46.2 Å². The van der Waals surface area contributed by atoms with Gasteiger partial charge in [-0.15, -0.1) is 6.58 Å². The lowest BCUT2D eigenvalue weighted by Gasteiger charge is -2.62. The minimum atomic E-state index is -1.20. The number of urea groups is 1. The Balaban J connectivity index is 0.000000143. The number of imidazole rings is 1. The molecule has 3 aliphatic heterocycles. The molecule has 7 aliphatic rings. The summed E-state index contributed by atoms with van der Waals surface area (Å²) in [5, 5.41) is 49.2. The molecule has 22 nitrogen and oxygen atoms in total. The van der Waals surface area contributed by atoms with Crippen molar-refractivity contribution in [1.82, 2.24) is 39.1 Å². The largest absolute Gasteiger partial charge is 0.508 e. The van der Waals surface area contributed by atoms with Crippen molar-refractivity contribution in [3.63, 3.8) is 0 Å². The van der Waals surface area contributed by atoms with E-state index in [2.05, 4.69) is 51.4 Å². The van der Waals surface area contributed by atoms with E-state index in [1.165, 1.54) is 62.3 Å². The number of phenols is 2. The zero-order valence-corrected chi connectivity index (χ0v) is 50.3. The monoisotopic (exact) mass is 1170 g/mol. The predicted molar refractivity (Wildman–Crippen MR) is 319 cm³/mol. The van der Waals surface area contributed by atoms with E-state index in [0.717, 1.165) is 84.7 Å². The Bertz CT molecular complexity index is 3440. The molecule has 0 radical (unpaired) electrons. The summed E-state index contributed by atoms with van der Waals surface area (Å²) < 4.78 is 15.4. The van der Waals surface area contributed by atoms with Crippen LogP contribution in [-0.4, -0.2) is 137 Å². The van der Waals surface area contributed by atoms with E-state index in [-0.39, 0.29) is 52.8 Å². The van der Waals surface area contributed by atoms with E-state index < -0.39 is 46.0 Å². The minimum Gasteiger partial charge on any atom is -0.508 e. The van der Waals surface area contributed by atoms with E-state index in [1.807, 2.05) is 44.2 Å². The number of anilines is 1. The molecule has 85 heavy (non-hydrogen) atoms. The molecule has 3 saturated carbocycles. The lowest BCUT2D eigenvalue weighted by molar-refractivity contribution is -0.188. The minimum absolute atomic E-state index is 0.0454. The summed E-state index contributed by atoms with van der Waals surface area (Å²) in [5.74, 6) is 1.36. The number of amides is 5. The van der Waals surface area contributed by atoms with Crippen LogP contribution in [-0.2, 0) is 57.8 Å². The number of aromatic nitrogens is 4. The van der Waals surface area contributed by atoms with Crippen LogP contribution in [0, 0.1) is 23.2 Å². The van der Waals surface area contributed by atoms with Gasteiger partial charge in [-0.3, -0.25) is 48.6 Å². The van der Waals surface area contributed by atoms with Gasteiger partial charge in [0.25, 0.3) is 5.56 Å². The second kappa shape index (κ2) is 25.5. The summed E-state index contributed by atoms with van der Waals surface area (Å²) in [4.78, 5) is 89.8. The fraction of sp³-hybridized carbons (Fsp3) is 0.524. The average Bonchev–Trinajstić information content (AvgIpc) is 1.61. The first-order valence-corrected chi connectivity index (χ1v) is 29.3. The Morgan fingerprint density at radius 3 is 2.26 bits per heavy atom. The third-order valence-electron chi connectivity index (χ3n) is 18.4. The molecule has 5 fully saturated rings. The predicted octanol–water partition coefficient (Wildman–Crippen LogP) is 5.44. The Morgan fingerprint density at radius 1 is 0.941 bits per heavy atom. The number of Topliss-reactive ketones (excluding diaryl/α,β-unsaturated/α-hetero) is 1. The van der Waals surface area contributed by atoms with Gasteiger partial charge in [0.15, 0.2) is 34.6 Å². The number of nitrogens with one attached hydrogen (secondary N) is 3. The Morgan fingerprint density at radius 2 is 1.64 bits per heavy atom. The number of hydrogen-bond donors (Lipinski definition) is 7. The first-order chi connectivity index (χ1) is 40.3. The van der Waals surface area contributed by atoms with Crippen molar-refractivity contribution < 1.29 is 53.9 Å². The van der Waals surface area contributed by atoms with Crippen LogP contribution in [0.1, 0.15) is 108 Å². The molecule has 2 bridgehead atoms. The van der Waals surface area contributed by atoms with Crippen LogP contribution >= 0.6 is 0 Å². The maximum atomic E-state index is 12.7. The summed E-state index contributed by atoms with van der Waals surface area (Å²) in [6.45, 7) is 11.6. The molecule has 5 amide bonds. The van der Waals surface area contributed by atoms with E-state index in [4.69, 9.17) is 14.6 Å². The zero-order valence-electron chi connectivity index (χ0n) is 50.3. The number of ketones is 1.